The van der Waals surface area contributed by atoms with Crippen LogP contribution in [0.15, 0.2) is 18.2 Å². The van der Waals surface area contributed by atoms with Gasteiger partial charge in [0, 0.05) is 26.8 Å². The van der Waals surface area contributed by atoms with Crippen LogP contribution in [0.5, 0.6) is 5.75 Å². The van der Waals surface area contributed by atoms with Crippen molar-refractivity contribution in [1.29, 1.82) is 0 Å². The minimum Gasteiger partial charge on any atom is -0.493 e. The van der Waals surface area contributed by atoms with Gasteiger partial charge in [0.05, 0.1) is 12.6 Å². The van der Waals surface area contributed by atoms with Crippen molar-refractivity contribution in [1.82, 2.24) is 5.32 Å². The number of hydrogen-bond donors (Lipinski definition) is 1. The van der Waals surface area contributed by atoms with Crippen LogP contribution in [0.2, 0.25) is 5.02 Å². The van der Waals surface area contributed by atoms with Crippen LogP contribution in [0.25, 0.3) is 0 Å². The molecule has 0 aliphatic carbocycles. The first kappa shape index (κ1) is 14.9. The number of hydrogen-bond acceptors (Lipinski definition) is 3. The maximum absolute atomic E-state index is 6.32. The van der Waals surface area contributed by atoms with Gasteiger partial charge in [-0.25, -0.2) is 0 Å². The summed E-state index contributed by atoms with van der Waals surface area (Å²) in [6.07, 6.45) is 0.949. The lowest BCUT2D eigenvalue weighted by Gasteiger charge is -2.20. The predicted molar refractivity (Wildman–Crippen MR) is 90.0 cm³/mol. The Hall–Kier alpha value is -1.03. The lowest BCUT2D eigenvalue weighted by molar-refractivity contribution is 0.351. The Morgan fingerprint density at radius 3 is 2.81 bits per heavy atom. The fourth-order valence-electron chi connectivity index (χ4n) is 2.82. The van der Waals surface area contributed by atoms with Crippen LogP contribution in [0, 0.1) is 13.8 Å². The van der Waals surface area contributed by atoms with Crippen LogP contribution in [-0.2, 0) is 6.42 Å². The lowest BCUT2D eigenvalue weighted by atomic mass is 10.00. The second kappa shape index (κ2) is 5.99. The number of halogens is 1. The predicted octanol–water partition coefficient (Wildman–Crippen LogP) is 4.65. The Bertz CT molecular complexity index is 646. The SMILES string of the molecule is CCNC(c1cc(C)c(C)s1)c1cc(Cl)cc2c1OCC2. The average Bonchev–Trinajstić information content (AvgIpc) is 3.02. The third-order valence-corrected chi connectivity index (χ3v) is 5.40. The quantitative estimate of drug-likeness (QED) is 0.885. The zero-order chi connectivity index (χ0) is 15.0. The molecule has 0 saturated heterocycles. The number of thiophene rings is 1. The molecule has 0 saturated carbocycles. The summed E-state index contributed by atoms with van der Waals surface area (Å²) in [6.45, 7) is 8.13. The molecular weight excluding hydrogens is 302 g/mol. The molecule has 21 heavy (non-hydrogen) atoms. The van der Waals surface area contributed by atoms with Crippen LogP contribution >= 0.6 is 22.9 Å². The Morgan fingerprint density at radius 2 is 2.14 bits per heavy atom. The molecule has 1 aliphatic rings. The number of nitrogens with one attached hydrogen (secondary N) is 1. The molecule has 2 nitrogen and oxygen atoms in total. The summed E-state index contributed by atoms with van der Waals surface area (Å²) in [5, 5.41) is 4.38. The molecule has 1 aromatic heterocycles. The summed E-state index contributed by atoms with van der Waals surface area (Å²) in [7, 11) is 0. The van der Waals surface area contributed by atoms with Crippen LogP contribution in [0.3, 0.4) is 0 Å². The third kappa shape index (κ3) is 2.83. The van der Waals surface area contributed by atoms with Crippen molar-refractivity contribution < 1.29 is 4.74 Å². The molecule has 4 heteroatoms. The van der Waals surface area contributed by atoms with E-state index in [1.54, 1.807) is 0 Å². The van der Waals surface area contributed by atoms with E-state index >= 15 is 0 Å². The summed E-state index contributed by atoms with van der Waals surface area (Å²) in [5.74, 6) is 1.02. The number of aryl methyl sites for hydroxylation is 2. The van der Waals surface area contributed by atoms with Crippen molar-refractivity contribution >= 4 is 22.9 Å². The highest BCUT2D eigenvalue weighted by molar-refractivity contribution is 7.12. The van der Waals surface area contributed by atoms with Gasteiger partial charge in [-0.15, -0.1) is 11.3 Å². The Balaban J connectivity index is 2.09. The highest BCUT2D eigenvalue weighted by atomic mass is 35.5. The van der Waals surface area contributed by atoms with Crippen molar-refractivity contribution in [2.24, 2.45) is 0 Å². The van der Waals surface area contributed by atoms with Crippen LogP contribution in [0.4, 0.5) is 0 Å². The molecule has 0 bridgehead atoms. The third-order valence-electron chi connectivity index (χ3n) is 3.97. The van der Waals surface area contributed by atoms with E-state index in [9.17, 15) is 0 Å². The van der Waals surface area contributed by atoms with Gasteiger partial charge >= 0.3 is 0 Å². The normalized spacial score (nSPS) is 14.9. The van der Waals surface area contributed by atoms with Gasteiger partial charge in [-0.3, -0.25) is 0 Å². The maximum atomic E-state index is 6.32. The smallest absolute Gasteiger partial charge is 0.127 e. The molecule has 1 aliphatic heterocycles. The van der Waals surface area contributed by atoms with E-state index in [4.69, 9.17) is 16.3 Å². The highest BCUT2D eigenvalue weighted by Gasteiger charge is 2.25. The molecule has 0 amide bonds. The monoisotopic (exact) mass is 321 g/mol. The van der Waals surface area contributed by atoms with E-state index in [1.165, 1.54) is 20.9 Å². The summed E-state index contributed by atoms with van der Waals surface area (Å²) in [4.78, 5) is 2.69. The van der Waals surface area contributed by atoms with Crippen molar-refractivity contribution in [3.63, 3.8) is 0 Å². The molecule has 1 atom stereocenters. The van der Waals surface area contributed by atoms with Gasteiger partial charge < -0.3 is 10.1 Å². The van der Waals surface area contributed by atoms with E-state index in [2.05, 4.69) is 32.2 Å². The van der Waals surface area contributed by atoms with E-state index in [0.717, 1.165) is 35.9 Å². The Labute approximate surface area is 135 Å². The highest BCUT2D eigenvalue weighted by Crippen LogP contribution is 2.40. The van der Waals surface area contributed by atoms with Crippen molar-refractivity contribution in [3.05, 3.63) is 49.7 Å². The number of fused-ring (bicyclic) bond motifs is 1. The number of rotatable bonds is 4. The molecular formula is C17H20ClNOS. The Kier molecular flexibility index (Phi) is 4.25. The molecule has 0 fully saturated rings. The molecule has 2 aromatic rings. The summed E-state index contributed by atoms with van der Waals surface area (Å²) in [6, 6.07) is 6.50. The van der Waals surface area contributed by atoms with Gasteiger partial charge in [0.1, 0.15) is 5.75 Å². The molecule has 3 rings (SSSR count). The summed E-state index contributed by atoms with van der Waals surface area (Å²) >= 11 is 8.16. The van der Waals surface area contributed by atoms with Crippen molar-refractivity contribution in [3.8, 4) is 5.75 Å². The molecule has 1 unspecified atom stereocenters. The summed E-state index contributed by atoms with van der Waals surface area (Å²) < 4.78 is 5.88. The number of ether oxygens (including phenoxy) is 1. The fourth-order valence-corrected chi connectivity index (χ4v) is 4.21. The van der Waals surface area contributed by atoms with Crippen LogP contribution < -0.4 is 10.1 Å². The molecule has 112 valence electrons. The second-order valence-corrected chi connectivity index (χ2v) is 7.18. The summed E-state index contributed by atoms with van der Waals surface area (Å²) in [5.41, 5.74) is 3.74. The molecule has 2 heterocycles. The molecule has 0 radical (unpaired) electrons. The van der Waals surface area contributed by atoms with Gasteiger partial charge in [0.15, 0.2) is 0 Å². The molecule has 1 N–H and O–H groups in total. The van der Waals surface area contributed by atoms with Crippen LogP contribution in [-0.4, -0.2) is 13.2 Å². The largest absolute Gasteiger partial charge is 0.493 e. The van der Waals surface area contributed by atoms with Gasteiger partial charge in [-0.05, 0) is 49.7 Å². The zero-order valence-electron chi connectivity index (χ0n) is 12.6. The Morgan fingerprint density at radius 1 is 1.33 bits per heavy atom. The van der Waals surface area contributed by atoms with E-state index < -0.39 is 0 Å². The van der Waals surface area contributed by atoms with Crippen molar-refractivity contribution in [2.45, 2.75) is 33.2 Å². The van der Waals surface area contributed by atoms with E-state index in [0.29, 0.717) is 0 Å². The first-order valence-corrected chi connectivity index (χ1v) is 8.55. The van der Waals surface area contributed by atoms with E-state index in [1.807, 2.05) is 23.5 Å². The standard InChI is InChI=1S/C17H20ClNOS/c1-4-19-16(15-7-10(2)11(3)21-15)14-9-13(18)8-12-5-6-20-17(12)14/h7-9,16,19H,4-6H2,1-3H3. The molecule has 1 aromatic carbocycles. The fraction of sp³-hybridized carbons (Fsp3) is 0.412. The number of benzene rings is 1. The second-order valence-electron chi connectivity index (χ2n) is 5.46. The topological polar surface area (TPSA) is 21.3 Å². The van der Waals surface area contributed by atoms with Crippen LogP contribution in [0.1, 0.15) is 39.4 Å². The van der Waals surface area contributed by atoms with Gasteiger partial charge in [0.25, 0.3) is 0 Å². The van der Waals surface area contributed by atoms with E-state index in [-0.39, 0.29) is 6.04 Å². The first-order chi connectivity index (χ1) is 10.1. The average molecular weight is 322 g/mol. The maximum Gasteiger partial charge on any atom is 0.127 e. The molecule has 0 spiro atoms. The van der Waals surface area contributed by atoms with Gasteiger partial charge in [-0.2, -0.15) is 0 Å². The minimum absolute atomic E-state index is 0.151. The lowest BCUT2D eigenvalue weighted by Crippen LogP contribution is -2.21. The van der Waals surface area contributed by atoms with Gasteiger partial charge in [0.2, 0.25) is 0 Å². The van der Waals surface area contributed by atoms with Gasteiger partial charge in [-0.1, -0.05) is 18.5 Å². The zero-order valence-corrected chi connectivity index (χ0v) is 14.2. The first-order valence-electron chi connectivity index (χ1n) is 7.35. The minimum atomic E-state index is 0.151. The van der Waals surface area contributed by atoms with Crippen molar-refractivity contribution in [2.75, 3.05) is 13.2 Å².